The van der Waals surface area contributed by atoms with Crippen LogP contribution in [-0.2, 0) is 9.84 Å². The van der Waals surface area contributed by atoms with Crippen LogP contribution >= 0.6 is 11.3 Å². The van der Waals surface area contributed by atoms with Crippen LogP contribution in [0, 0.1) is 6.92 Å². The summed E-state index contributed by atoms with van der Waals surface area (Å²) in [4.78, 5) is 30.4. The van der Waals surface area contributed by atoms with Gasteiger partial charge in [-0.15, -0.1) is 11.3 Å². The Morgan fingerprint density at radius 3 is 2.96 bits per heavy atom. The molecule has 1 fully saturated rings. The Labute approximate surface area is 147 Å². The van der Waals surface area contributed by atoms with Crippen molar-refractivity contribution in [2.24, 2.45) is 0 Å². The van der Waals surface area contributed by atoms with Crippen LogP contribution in [0.1, 0.15) is 21.7 Å². The van der Waals surface area contributed by atoms with Gasteiger partial charge in [-0.1, -0.05) is 6.07 Å². The van der Waals surface area contributed by atoms with E-state index < -0.39 is 9.84 Å². The van der Waals surface area contributed by atoms with Crippen molar-refractivity contribution in [3.05, 3.63) is 45.2 Å². The van der Waals surface area contributed by atoms with Crippen molar-refractivity contribution in [3.63, 3.8) is 0 Å². The van der Waals surface area contributed by atoms with Crippen molar-refractivity contribution in [1.29, 1.82) is 0 Å². The first-order valence-electron chi connectivity index (χ1n) is 7.77. The Kier molecular flexibility index (Phi) is 3.66. The first-order chi connectivity index (χ1) is 11.8. The van der Waals surface area contributed by atoms with Crippen molar-refractivity contribution in [2.45, 2.75) is 19.4 Å². The predicted octanol–water partition coefficient (Wildman–Crippen LogP) is 1.13. The Morgan fingerprint density at radius 2 is 2.24 bits per heavy atom. The number of thiophene rings is 1. The first kappa shape index (κ1) is 16.2. The maximum Gasteiger partial charge on any atom is 0.266 e. The zero-order valence-corrected chi connectivity index (χ0v) is 15.0. The van der Waals surface area contributed by atoms with E-state index in [-0.39, 0.29) is 29.0 Å². The highest BCUT2D eigenvalue weighted by Gasteiger charge is 2.29. The molecule has 1 atom stereocenters. The Bertz CT molecular complexity index is 1180. The second kappa shape index (κ2) is 5.63. The molecule has 1 N–H and O–H groups in total. The molecule has 25 heavy (non-hydrogen) atoms. The first-order valence-corrected chi connectivity index (χ1v) is 10.4. The Morgan fingerprint density at radius 1 is 1.44 bits per heavy atom. The third kappa shape index (κ3) is 2.83. The summed E-state index contributed by atoms with van der Waals surface area (Å²) in [6.45, 7) is 1.87. The Balaban J connectivity index is 1.73. The molecule has 0 aromatic carbocycles. The summed E-state index contributed by atoms with van der Waals surface area (Å²) >= 11 is 1.14. The van der Waals surface area contributed by atoms with E-state index in [0.717, 1.165) is 16.9 Å². The second-order valence-electron chi connectivity index (χ2n) is 6.20. The molecule has 0 unspecified atom stereocenters. The molecule has 0 radical (unpaired) electrons. The van der Waals surface area contributed by atoms with Gasteiger partial charge >= 0.3 is 0 Å². The highest BCUT2D eigenvalue weighted by molar-refractivity contribution is 7.91. The SMILES string of the molecule is Cc1cccn2c(=O)c3cc(C(=O)N[C@H]4CCS(=O)(=O)C4)sc3nc12. The Hall–Kier alpha value is -2.26. The smallest absolute Gasteiger partial charge is 0.266 e. The average Bonchev–Trinajstić information content (AvgIpc) is 3.12. The van der Waals surface area contributed by atoms with E-state index in [1.165, 1.54) is 10.5 Å². The lowest BCUT2D eigenvalue weighted by Crippen LogP contribution is -2.35. The molecule has 7 nitrogen and oxygen atoms in total. The molecular formula is C16H15N3O4S2. The number of hydrogen-bond acceptors (Lipinski definition) is 6. The van der Waals surface area contributed by atoms with Gasteiger partial charge in [0.1, 0.15) is 10.5 Å². The fourth-order valence-corrected chi connectivity index (χ4v) is 5.63. The summed E-state index contributed by atoms with van der Waals surface area (Å²) in [6, 6.07) is 4.80. The van der Waals surface area contributed by atoms with Crippen LogP contribution in [0.15, 0.2) is 29.2 Å². The number of sulfone groups is 1. The average molecular weight is 377 g/mol. The zero-order chi connectivity index (χ0) is 17.8. The van der Waals surface area contributed by atoms with Gasteiger partial charge in [-0.2, -0.15) is 0 Å². The molecule has 0 spiro atoms. The number of aryl methyl sites for hydroxylation is 1. The van der Waals surface area contributed by atoms with E-state index >= 15 is 0 Å². The largest absolute Gasteiger partial charge is 0.348 e. The number of aromatic nitrogens is 2. The summed E-state index contributed by atoms with van der Waals surface area (Å²) in [5, 5.41) is 3.13. The molecule has 1 amide bonds. The van der Waals surface area contributed by atoms with E-state index in [4.69, 9.17) is 0 Å². The normalized spacial score (nSPS) is 19.5. The quantitative estimate of drug-likeness (QED) is 0.722. The van der Waals surface area contributed by atoms with Crippen molar-refractivity contribution < 1.29 is 13.2 Å². The van der Waals surface area contributed by atoms with Crippen LogP contribution in [0.3, 0.4) is 0 Å². The molecule has 0 saturated carbocycles. The third-order valence-corrected chi connectivity index (χ3v) is 7.12. The van der Waals surface area contributed by atoms with Crippen LogP contribution in [-0.4, -0.2) is 41.3 Å². The van der Waals surface area contributed by atoms with Crippen LogP contribution in [0.25, 0.3) is 15.9 Å². The standard InChI is InChI=1S/C16H15N3O4S2/c1-9-3-2-5-19-13(9)18-15-11(16(19)21)7-12(24-15)14(20)17-10-4-6-25(22,23)8-10/h2-3,5,7,10H,4,6,8H2,1H3,(H,17,20)/t10-/m0/s1. The van der Waals surface area contributed by atoms with Crippen LogP contribution < -0.4 is 10.9 Å². The monoisotopic (exact) mass is 377 g/mol. The van der Waals surface area contributed by atoms with Crippen molar-refractivity contribution >= 4 is 42.9 Å². The number of carbonyl (C=O) groups excluding carboxylic acids is 1. The van der Waals surface area contributed by atoms with E-state index in [1.54, 1.807) is 12.3 Å². The van der Waals surface area contributed by atoms with Gasteiger partial charge in [-0.05, 0) is 31.0 Å². The number of nitrogens with one attached hydrogen (secondary N) is 1. The van der Waals surface area contributed by atoms with Crippen LogP contribution in [0.5, 0.6) is 0 Å². The number of carbonyl (C=O) groups is 1. The lowest BCUT2D eigenvalue weighted by atomic mass is 10.2. The van der Waals surface area contributed by atoms with Crippen LogP contribution in [0.2, 0.25) is 0 Å². The molecule has 1 saturated heterocycles. The number of fused-ring (bicyclic) bond motifs is 2. The summed E-state index contributed by atoms with van der Waals surface area (Å²) in [5.74, 6) is -0.304. The summed E-state index contributed by atoms with van der Waals surface area (Å²) < 4.78 is 24.5. The molecule has 130 valence electrons. The minimum absolute atomic E-state index is 0.0341. The second-order valence-corrected chi connectivity index (χ2v) is 9.46. The summed E-state index contributed by atoms with van der Waals surface area (Å²) in [7, 11) is -3.06. The molecule has 3 aromatic heterocycles. The van der Waals surface area contributed by atoms with Crippen LogP contribution in [0.4, 0.5) is 0 Å². The number of amides is 1. The number of rotatable bonds is 2. The van der Waals surface area contributed by atoms with Gasteiger partial charge in [0.2, 0.25) is 0 Å². The summed E-state index contributed by atoms with van der Waals surface area (Å²) in [5.41, 5.74) is 1.22. The van der Waals surface area contributed by atoms with Gasteiger partial charge in [0.25, 0.3) is 11.5 Å². The maximum absolute atomic E-state index is 12.6. The minimum atomic E-state index is -3.06. The van der Waals surface area contributed by atoms with Gasteiger partial charge in [0, 0.05) is 12.2 Å². The fourth-order valence-electron chi connectivity index (χ4n) is 3.04. The molecular weight excluding hydrogens is 362 g/mol. The number of pyridine rings is 1. The van der Waals surface area contributed by atoms with Gasteiger partial charge in [0.15, 0.2) is 9.84 Å². The number of nitrogens with zero attached hydrogens (tertiary/aromatic N) is 2. The van der Waals surface area contributed by atoms with Crippen molar-refractivity contribution in [1.82, 2.24) is 14.7 Å². The lowest BCUT2D eigenvalue weighted by Gasteiger charge is -2.08. The van der Waals surface area contributed by atoms with Gasteiger partial charge in [-0.25, -0.2) is 13.4 Å². The van der Waals surface area contributed by atoms with Gasteiger partial charge < -0.3 is 5.32 Å². The predicted molar refractivity (Wildman–Crippen MR) is 96.1 cm³/mol. The maximum atomic E-state index is 12.6. The molecule has 1 aliphatic heterocycles. The molecule has 3 aromatic rings. The van der Waals surface area contributed by atoms with E-state index in [2.05, 4.69) is 10.3 Å². The molecule has 1 aliphatic rings. The third-order valence-electron chi connectivity index (χ3n) is 4.32. The number of hydrogen-bond donors (Lipinski definition) is 1. The lowest BCUT2D eigenvalue weighted by molar-refractivity contribution is 0.0945. The molecule has 4 rings (SSSR count). The molecule has 0 aliphatic carbocycles. The zero-order valence-electron chi connectivity index (χ0n) is 13.4. The van der Waals surface area contributed by atoms with E-state index in [0.29, 0.717) is 27.2 Å². The minimum Gasteiger partial charge on any atom is -0.348 e. The van der Waals surface area contributed by atoms with Gasteiger partial charge in [-0.3, -0.25) is 14.0 Å². The highest BCUT2D eigenvalue weighted by Crippen LogP contribution is 2.23. The molecule has 9 heteroatoms. The van der Waals surface area contributed by atoms with Gasteiger partial charge in [0.05, 0.1) is 21.8 Å². The fraction of sp³-hybridized carbons (Fsp3) is 0.312. The molecule has 4 heterocycles. The molecule has 0 bridgehead atoms. The topological polar surface area (TPSA) is 97.6 Å². The van der Waals surface area contributed by atoms with Crippen molar-refractivity contribution in [2.75, 3.05) is 11.5 Å². The van der Waals surface area contributed by atoms with E-state index in [1.807, 2.05) is 13.0 Å². The van der Waals surface area contributed by atoms with E-state index in [9.17, 15) is 18.0 Å². The highest BCUT2D eigenvalue weighted by atomic mass is 32.2. The van der Waals surface area contributed by atoms with Crippen molar-refractivity contribution in [3.8, 4) is 0 Å². The summed E-state index contributed by atoms with van der Waals surface area (Å²) in [6.07, 6.45) is 2.07.